The SMILES string of the molecule is CCOC(=O)C(C(=O)[C@@H](Cc1ccccc1)[N+](C)(C)C)[P+](c1ccccc1)(c1ccccc1)c1ccccc1.[Br-].[Br-]. The lowest BCUT2D eigenvalue weighted by Gasteiger charge is -2.38. The quantitative estimate of drug-likeness (QED) is 0.0857. The summed E-state index contributed by atoms with van der Waals surface area (Å²) in [4.78, 5) is 29.3. The highest BCUT2D eigenvalue weighted by Crippen LogP contribution is 2.60. The Morgan fingerprint density at radius 3 is 1.37 bits per heavy atom. The Hall–Kier alpha value is -2.63. The van der Waals surface area contributed by atoms with E-state index in [1.165, 1.54) is 0 Å². The van der Waals surface area contributed by atoms with E-state index in [4.69, 9.17) is 4.74 Å². The number of benzene rings is 4. The Morgan fingerprint density at radius 1 is 0.659 bits per heavy atom. The van der Waals surface area contributed by atoms with Crippen molar-refractivity contribution in [2.24, 2.45) is 0 Å². The van der Waals surface area contributed by atoms with Gasteiger partial charge in [-0.1, -0.05) is 84.9 Å². The lowest BCUT2D eigenvalue weighted by molar-refractivity contribution is -0.886. The molecular weight excluding hydrogens is 661 g/mol. The molecule has 4 rings (SSSR count). The molecule has 4 nitrogen and oxygen atoms in total. The molecule has 0 heterocycles. The third kappa shape index (κ3) is 7.61. The number of hydrogen-bond acceptors (Lipinski definition) is 3. The Morgan fingerprint density at radius 2 is 1.02 bits per heavy atom. The maximum Gasteiger partial charge on any atom is 0.356 e. The minimum Gasteiger partial charge on any atom is -1.00 e. The zero-order valence-electron chi connectivity index (χ0n) is 24.0. The van der Waals surface area contributed by atoms with Crippen LogP contribution in [-0.2, 0) is 20.7 Å². The fourth-order valence-electron chi connectivity index (χ4n) is 5.35. The number of carbonyl (C=O) groups excluding carboxylic acids is 2. The third-order valence-corrected chi connectivity index (χ3v) is 11.8. The van der Waals surface area contributed by atoms with Crippen molar-refractivity contribution < 1.29 is 52.8 Å². The minimum atomic E-state index is -2.87. The average molecular weight is 699 g/mol. The van der Waals surface area contributed by atoms with Gasteiger partial charge in [0.15, 0.2) is 6.04 Å². The van der Waals surface area contributed by atoms with E-state index in [-0.39, 0.29) is 46.4 Å². The van der Waals surface area contributed by atoms with Crippen LogP contribution >= 0.6 is 7.26 Å². The van der Waals surface area contributed by atoms with Crippen molar-refractivity contribution in [3.05, 3.63) is 127 Å². The number of likely N-dealkylation sites (N-methyl/N-ethyl adjacent to an activating group) is 1. The summed E-state index contributed by atoms with van der Waals surface area (Å²) in [6, 6.07) is 39.8. The summed E-state index contributed by atoms with van der Waals surface area (Å²) in [5.41, 5.74) is 0.0605. The fraction of sp³-hybridized carbons (Fsp3) is 0.235. The first kappa shape index (κ1) is 34.6. The lowest BCUT2D eigenvalue weighted by atomic mass is 9.98. The van der Waals surface area contributed by atoms with Gasteiger partial charge in [-0.3, -0.25) is 4.79 Å². The molecule has 7 heteroatoms. The summed E-state index contributed by atoms with van der Waals surface area (Å²) in [5, 5.41) is 2.94. The van der Waals surface area contributed by atoms with Crippen LogP contribution < -0.4 is 49.9 Å². The molecule has 0 radical (unpaired) electrons. The molecule has 4 aromatic rings. The number of carbonyl (C=O) groups is 2. The molecule has 0 saturated heterocycles. The van der Waals surface area contributed by atoms with E-state index in [9.17, 15) is 4.79 Å². The van der Waals surface area contributed by atoms with Crippen LogP contribution in [0.1, 0.15) is 12.5 Å². The van der Waals surface area contributed by atoms with Crippen LogP contribution in [0.3, 0.4) is 0 Å². The van der Waals surface area contributed by atoms with Crippen LogP contribution in [0.5, 0.6) is 0 Å². The van der Waals surface area contributed by atoms with E-state index in [1.54, 1.807) is 6.92 Å². The van der Waals surface area contributed by atoms with E-state index >= 15 is 4.79 Å². The number of ether oxygens (including phenoxy) is 1. The summed E-state index contributed by atoms with van der Waals surface area (Å²) in [7, 11) is 3.22. The fourth-order valence-corrected chi connectivity index (χ4v) is 10.0. The van der Waals surface area contributed by atoms with Gasteiger partial charge in [-0.15, -0.1) is 0 Å². The molecule has 1 unspecified atom stereocenters. The van der Waals surface area contributed by atoms with E-state index in [1.807, 2.05) is 106 Å². The van der Waals surface area contributed by atoms with Crippen molar-refractivity contribution in [1.29, 1.82) is 0 Å². The van der Waals surface area contributed by atoms with Crippen molar-refractivity contribution in [3.8, 4) is 0 Å². The van der Waals surface area contributed by atoms with Crippen molar-refractivity contribution >= 4 is 34.9 Å². The van der Waals surface area contributed by atoms with E-state index in [0.29, 0.717) is 10.9 Å². The summed E-state index contributed by atoms with van der Waals surface area (Å²) in [6.45, 7) is 2.00. The van der Waals surface area contributed by atoms with Gasteiger partial charge in [0.05, 0.1) is 27.7 Å². The van der Waals surface area contributed by atoms with Gasteiger partial charge in [0.1, 0.15) is 23.2 Å². The van der Waals surface area contributed by atoms with Crippen LogP contribution in [0, 0.1) is 0 Å². The number of quaternary nitrogens is 1. The van der Waals surface area contributed by atoms with Crippen LogP contribution in [0.25, 0.3) is 0 Å². The highest BCUT2D eigenvalue weighted by molar-refractivity contribution is 7.97. The molecule has 41 heavy (non-hydrogen) atoms. The summed E-state index contributed by atoms with van der Waals surface area (Å²) in [5.74, 6) is -0.548. The number of halogens is 2. The molecule has 2 atom stereocenters. The number of rotatable bonds is 11. The van der Waals surface area contributed by atoms with Crippen LogP contribution in [0.15, 0.2) is 121 Å². The molecule has 0 aliphatic heterocycles. The molecule has 216 valence electrons. The molecule has 0 aliphatic carbocycles. The largest absolute Gasteiger partial charge is 1.00 e. The Kier molecular flexibility index (Phi) is 13.1. The second-order valence-corrected chi connectivity index (χ2v) is 14.1. The van der Waals surface area contributed by atoms with Crippen LogP contribution in [0.2, 0.25) is 0 Å². The van der Waals surface area contributed by atoms with Gasteiger partial charge in [-0.2, -0.15) is 0 Å². The summed E-state index contributed by atoms with van der Waals surface area (Å²) < 4.78 is 6.16. The van der Waals surface area contributed by atoms with Gasteiger partial charge in [-0.25, -0.2) is 4.79 Å². The second kappa shape index (κ2) is 15.6. The van der Waals surface area contributed by atoms with Crippen LogP contribution in [-0.4, -0.2) is 55.7 Å². The van der Waals surface area contributed by atoms with Crippen molar-refractivity contribution in [2.75, 3.05) is 27.7 Å². The molecule has 0 spiro atoms. The molecule has 0 amide bonds. The monoisotopic (exact) mass is 697 g/mol. The predicted molar refractivity (Wildman–Crippen MR) is 163 cm³/mol. The first-order chi connectivity index (χ1) is 18.8. The molecule has 0 aliphatic rings. The van der Waals surface area contributed by atoms with Gasteiger partial charge >= 0.3 is 5.97 Å². The molecule has 0 bridgehead atoms. The topological polar surface area (TPSA) is 43.4 Å². The first-order valence-electron chi connectivity index (χ1n) is 13.4. The first-order valence-corrected chi connectivity index (χ1v) is 15.3. The van der Waals surface area contributed by atoms with Gasteiger partial charge < -0.3 is 43.2 Å². The highest BCUT2D eigenvalue weighted by Gasteiger charge is 2.62. The predicted octanol–water partition coefficient (Wildman–Crippen LogP) is -1.19. The normalized spacial score (nSPS) is 12.7. The molecule has 4 aromatic carbocycles. The number of ketones is 1. The standard InChI is InChI=1S/C34H38NO3P.2BrH/c1-5-38-34(37)33(32(36)31(35(2,3)4)26-27-18-10-6-11-19-27)39(28-20-12-7-13-21-28,29-22-14-8-15-23-29)30-24-16-9-17-25-30;;/h6-25,31,33H,5,26H2,1-4H3;2*1H/q+2;;/p-2/t31-,33?;;/m1../s1. The van der Waals surface area contributed by atoms with Gasteiger partial charge in [0.2, 0.25) is 11.4 Å². The summed E-state index contributed by atoms with van der Waals surface area (Å²) in [6.07, 6.45) is 0.525. The van der Waals surface area contributed by atoms with Crippen molar-refractivity contribution in [3.63, 3.8) is 0 Å². The molecule has 0 N–H and O–H groups in total. The Labute approximate surface area is 266 Å². The number of Topliss-reactive ketones (excluding diaryl/α,β-unsaturated/α-hetero) is 1. The average Bonchev–Trinajstić information content (AvgIpc) is 2.96. The third-order valence-electron chi connectivity index (χ3n) is 7.19. The van der Waals surface area contributed by atoms with E-state index in [2.05, 4.69) is 36.4 Å². The van der Waals surface area contributed by atoms with Crippen LogP contribution in [0.4, 0.5) is 0 Å². The Bertz CT molecular complexity index is 1270. The number of esters is 1. The van der Waals surface area contributed by atoms with Gasteiger partial charge in [0, 0.05) is 6.42 Å². The van der Waals surface area contributed by atoms with E-state index < -0.39 is 24.9 Å². The summed E-state index contributed by atoms with van der Waals surface area (Å²) >= 11 is 0. The lowest BCUT2D eigenvalue weighted by Crippen LogP contribution is -3.00. The van der Waals surface area contributed by atoms with Crippen molar-refractivity contribution in [2.45, 2.75) is 25.0 Å². The number of nitrogens with zero attached hydrogens (tertiary/aromatic N) is 1. The smallest absolute Gasteiger partial charge is 0.356 e. The second-order valence-electron chi connectivity index (χ2n) is 10.6. The minimum absolute atomic E-state index is 0. The molecular formula is C34H38Br2NO3P. The maximum absolute atomic E-state index is 15.1. The van der Waals surface area contributed by atoms with Gasteiger partial charge in [-0.05, 0) is 48.9 Å². The highest BCUT2D eigenvalue weighted by atomic mass is 79.9. The van der Waals surface area contributed by atoms with Gasteiger partial charge in [0.25, 0.3) is 0 Å². The Balaban J connectivity index is 0.00000294. The molecule has 0 aromatic heterocycles. The van der Waals surface area contributed by atoms with E-state index in [0.717, 1.165) is 21.5 Å². The van der Waals surface area contributed by atoms with Crippen molar-refractivity contribution in [1.82, 2.24) is 0 Å². The molecule has 0 fully saturated rings. The zero-order valence-corrected chi connectivity index (χ0v) is 28.1. The zero-order chi connectivity index (χ0) is 27.9. The number of hydrogen-bond donors (Lipinski definition) is 0. The maximum atomic E-state index is 15.1. The molecule has 0 saturated carbocycles.